The Balaban J connectivity index is 1.98. The maximum Gasteiger partial charge on any atom is 0.311 e. The van der Waals surface area contributed by atoms with E-state index in [9.17, 15) is 19.1 Å². The molecular formula is C16H19BrFNO4. The van der Waals surface area contributed by atoms with E-state index in [-0.39, 0.29) is 25.0 Å². The Morgan fingerprint density at radius 2 is 2.17 bits per heavy atom. The van der Waals surface area contributed by atoms with Gasteiger partial charge in [0.25, 0.3) is 5.91 Å². The van der Waals surface area contributed by atoms with E-state index in [0.717, 1.165) is 0 Å². The number of carbonyl (C=O) groups is 2. The van der Waals surface area contributed by atoms with Crippen LogP contribution in [0.1, 0.15) is 20.3 Å². The number of benzene rings is 1. The number of carboxylic acid groups (broad SMARTS) is 1. The first-order valence-corrected chi connectivity index (χ1v) is 8.14. The van der Waals surface area contributed by atoms with Crippen LogP contribution in [0.25, 0.3) is 0 Å². The van der Waals surface area contributed by atoms with E-state index in [1.54, 1.807) is 0 Å². The van der Waals surface area contributed by atoms with Crippen LogP contribution in [-0.2, 0) is 9.59 Å². The summed E-state index contributed by atoms with van der Waals surface area (Å²) >= 11 is 3.17. The quantitative estimate of drug-likeness (QED) is 0.843. The molecule has 1 aromatic rings. The molecule has 1 saturated heterocycles. The molecule has 0 radical (unpaired) electrons. The number of ether oxygens (including phenoxy) is 1. The smallest absolute Gasteiger partial charge is 0.311 e. The maximum atomic E-state index is 13.0. The lowest BCUT2D eigenvalue weighted by atomic mass is 9.76. The summed E-state index contributed by atoms with van der Waals surface area (Å²) in [6, 6.07) is 3.94. The number of hydrogen-bond acceptors (Lipinski definition) is 3. The molecule has 0 saturated carbocycles. The molecule has 5 nitrogen and oxygen atoms in total. The number of nitrogens with zero attached hydrogens (tertiary/aromatic N) is 1. The Morgan fingerprint density at radius 3 is 2.70 bits per heavy atom. The van der Waals surface area contributed by atoms with E-state index in [0.29, 0.717) is 23.2 Å². The summed E-state index contributed by atoms with van der Waals surface area (Å²) < 4.78 is 18.8. The zero-order chi connectivity index (χ0) is 17.2. The Hall–Kier alpha value is -1.63. The molecule has 1 unspecified atom stereocenters. The molecule has 1 N–H and O–H groups in total. The topological polar surface area (TPSA) is 66.8 Å². The van der Waals surface area contributed by atoms with Gasteiger partial charge in [0.05, 0.1) is 9.89 Å². The van der Waals surface area contributed by atoms with Gasteiger partial charge in [-0.25, -0.2) is 4.39 Å². The average molecular weight is 388 g/mol. The molecule has 1 aromatic carbocycles. The van der Waals surface area contributed by atoms with Crippen molar-refractivity contribution in [3.8, 4) is 5.75 Å². The van der Waals surface area contributed by atoms with Gasteiger partial charge < -0.3 is 14.7 Å². The van der Waals surface area contributed by atoms with E-state index < -0.39 is 17.2 Å². The first-order valence-electron chi connectivity index (χ1n) is 7.35. The van der Waals surface area contributed by atoms with Crippen LogP contribution in [-0.4, -0.2) is 41.6 Å². The molecule has 2 rings (SSSR count). The van der Waals surface area contributed by atoms with Crippen molar-refractivity contribution in [1.82, 2.24) is 4.90 Å². The van der Waals surface area contributed by atoms with Gasteiger partial charge in [-0.2, -0.15) is 0 Å². The van der Waals surface area contributed by atoms with Crippen molar-refractivity contribution in [2.75, 3.05) is 19.7 Å². The second-order valence-corrected chi connectivity index (χ2v) is 6.90. The minimum Gasteiger partial charge on any atom is -0.483 e. The van der Waals surface area contributed by atoms with Crippen LogP contribution < -0.4 is 4.74 Å². The molecule has 0 aliphatic carbocycles. The molecule has 1 atom stereocenters. The van der Waals surface area contributed by atoms with E-state index in [4.69, 9.17) is 4.74 Å². The molecule has 1 amide bonds. The Kier molecular flexibility index (Phi) is 5.29. The van der Waals surface area contributed by atoms with Gasteiger partial charge in [0.15, 0.2) is 6.61 Å². The summed E-state index contributed by atoms with van der Waals surface area (Å²) in [6.07, 6.45) is 0.436. The number of amides is 1. The molecule has 23 heavy (non-hydrogen) atoms. The predicted molar refractivity (Wildman–Crippen MR) is 85.7 cm³/mol. The fraction of sp³-hybridized carbons (Fsp3) is 0.500. The van der Waals surface area contributed by atoms with Gasteiger partial charge in [-0.15, -0.1) is 0 Å². The number of halogens is 2. The molecule has 1 aliphatic rings. The second kappa shape index (κ2) is 6.86. The number of likely N-dealkylation sites (tertiary alicyclic amines) is 1. The number of hydrogen-bond donors (Lipinski definition) is 1. The van der Waals surface area contributed by atoms with Crippen molar-refractivity contribution in [2.45, 2.75) is 20.3 Å². The third-order valence-corrected chi connectivity index (χ3v) is 5.05. The van der Waals surface area contributed by atoms with Gasteiger partial charge in [0.1, 0.15) is 11.6 Å². The van der Waals surface area contributed by atoms with Gasteiger partial charge in [-0.05, 0) is 46.5 Å². The Labute approximate surface area is 142 Å². The molecule has 7 heteroatoms. The summed E-state index contributed by atoms with van der Waals surface area (Å²) in [5.74, 6) is -1.24. The molecule has 1 fully saturated rings. The Bertz CT molecular complexity index is 622. The standard InChI is InChI=1S/C16H19BrFNO4/c1-10(2)16(15(21)22)5-6-19(9-16)14(20)8-23-13-4-3-11(18)7-12(13)17/h3-4,7,10H,5-6,8-9H2,1-2H3,(H,21,22). The highest BCUT2D eigenvalue weighted by Gasteiger charge is 2.48. The van der Waals surface area contributed by atoms with Crippen LogP contribution in [0.3, 0.4) is 0 Å². The zero-order valence-electron chi connectivity index (χ0n) is 13.0. The molecule has 0 bridgehead atoms. The van der Waals surface area contributed by atoms with E-state index in [1.165, 1.54) is 23.1 Å². The van der Waals surface area contributed by atoms with Gasteiger partial charge in [-0.1, -0.05) is 13.8 Å². The molecule has 1 heterocycles. The van der Waals surface area contributed by atoms with Crippen molar-refractivity contribution in [3.05, 3.63) is 28.5 Å². The van der Waals surface area contributed by atoms with Crippen molar-refractivity contribution in [3.63, 3.8) is 0 Å². The first kappa shape index (κ1) is 17.7. The summed E-state index contributed by atoms with van der Waals surface area (Å²) in [5, 5.41) is 9.49. The summed E-state index contributed by atoms with van der Waals surface area (Å²) in [7, 11) is 0. The van der Waals surface area contributed by atoms with E-state index in [2.05, 4.69) is 15.9 Å². The highest BCUT2D eigenvalue weighted by molar-refractivity contribution is 9.10. The highest BCUT2D eigenvalue weighted by Crippen LogP contribution is 2.38. The summed E-state index contributed by atoms with van der Waals surface area (Å²) in [6.45, 7) is 4.09. The third kappa shape index (κ3) is 3.65. The monoisotopic (exact) mass is 387 g/mol. The molecule has 1 aliphatic heterocycles. The second-order valence-electron chi connectivity index (χ2n) is 6.04. The predicted octanol–water partition coefficient (Wildman–Crippen LogP) is 2.93. The van der Waals surface area contributed by atoms with Crippen molar-refractivity contribution >= 4 is 27.8 Å². The number of carboxylic acids is 1. The molecule has 0 spiro atoms. The van der Waals surface area contributed by atoms with Crippen LogP contribution >= 0.6 is 15.9 Å². The van der Waals surface area contributed by atoms with E-state index >= 15 is 0 Å². The minimum absolute atomic E-state index is 0.0649. The fourth-order valence-electron chi connectivity index (χ4n) is 2.76. The lowest BCUT2D eigenvalue weighted by Crippen LogP contribution is -2.41. The lowest BCUT2D eigenvalue weighted by Gasteiger charge is -2.28. The largest absolute Gasteiger partial charge is 0.483 e. The average Bonchev–Trinajstić information content (AvgIpc) is 2.92. The minimum atomic E-state index is -0.897. The van der Waals surface area contributed by atoms with Crippen LogP contribution in [0.2, 0.25) is 0 Å². The number of carbonyl (C=O) groups excluding carboxylic acids is 1. The van der Waals surface area contributed by atoms with Gasteiger partial charge in [-0.3, -0.25) is 9.59 Å². The molecule has 0 aromatic heterocycles. The van der Waals surface area contributed by atoms with Crippen LogP contribution in [0.15, 0.2) is 22.7 Å². The van der Waals surface area contributed by atoms with Crippen LogP contribution in [0, 0.1) is 17.2 Å². The van der Waals surface area contributed by atoms with Crippen LogP contribution in [0.4, 0.5) is 4.39 Å². The lowest BCUT2D eigenvalue weighted by molar-refractivity contribution is -0.151. The third-order valence-electron chi connectivity index (χ3n) is 4.43. The van der Waals surface area contributed by atoms with Gasteiger partial charge in [0, 0.05) is 13.1 Å². The SMILES string of the molecule is CC(C)C1(C(=O)O)CCN(C(=O)COc2ccc(F)cc2Br)C1. The first-order chi connectivity index (χ1) is 10.8. The summed E-state index contributed by atoms with van der Waals surface area (Å²) in [5.41, 5.74) is -0.897. The van der Waals surface area contributed by atoms with Crippen LogP contribution in [0.5, 0.6) is 5.75 Å². The van der Waals surface area contributed by atoms with Gasteiger partial charge >= 0.3 is 5.97 Å². The Morgan fingerprint density at radius 1 is 1.48 bits per heavy atom. The van der Waals surface area contributed by atoms with Crippen molar-refractivity contribution < 1.29 is 23.8 Å². The van der Waals surface area contributed by atoms with Crippen molar-refractivity contribution in [2.24, 2.45) is 11.3 Å². The summed E-state index contributed by atoms with van der Waals surface area (Å²) in [4.78, 5) is 25.3. The molecular weight excluding hydrogens is 369 g/mol. The number of aliphatic carboxylic acids is 1. The zero-order valence-corrected chi connectivity index (χ0v) is 14.6. The van der Waals surface area contributed by atoms with Gasteiger partial charge in [0.2, 0.25) is 0 Å². The number of rotatable bonds is 5. The highest BCUT2D eigenvalue weighted by atomic mass is 79.9. The normalized spacial score (nSPS) is 20.8. The molecule has 126 valence electrons. The fourth-order valence-corrected chi connectivity index (χ4v) is 3.23. The maximum absolute atomic E-state index is 13.0. The van der Waals surface area contributed by atoms with E-state index in [1.807, 2.05) is 13.8 Å². The van der Waals surface area contributed by atoms with Crippen molar-refractivity contribution in [1.29, 1.82) is 0 Å².